The van der Waals surface area contributed by atoms with E-state index in [2.05, 4.69) is 0 Å². The summed E-state index contributed by atoms with van der Waals surface area (Å²) in [6, 6.07) is 18.1. The monoisotopic (exact) mass is 421 g/mol. The van der Waals surface area contributed by atoms with Crippen LogP contribution in [0.1, 0.15) is 22.7 Å². The molecule has 1 aliphatic rings. The molecule has 1 fully saturated rings. The molecular weight excluding hydrogens is 405 g/mol. The van der Waals surface area contributed by atoms with Gasteiger partial charge in [-0.2, -0.15) is 0 Å². The first-order chi connectivity index (χ1) is 14.4. The molecular formula is C24H17ClFNO3. The molecule has 1 N–H and O–H groups in total. The highest BCUT2D eigenvalue weighted by molar-refractivity contribution is 6.51. The molecule has 0 aromatic heterocycles. The highest BCUT2D eigenvalue weighted by Crippen LogP contribution is 2.42. The van der Waals surface area contributed by atoms with Crippen LogP contribution in [0.2, 0.25) is 5.02 Å². The van der Waals surface area contributed by atoms with Gasteiger partial charge in [-0.25, -0.2) is 4.39 Å². The Balaban J connectivity index is 1.93. The van der Waals surface area contributed by atoms with E-state index in [9.17, 15) is 19.1 Å². The first kappa shape index (κ1) is 19.9. The summed E-state index contributed by atoms with van der Waals surface area (Å²) in [5.41, 5.74) is 2.33. The van der Waals surface area contributed by atoms with Crippen LogP contribution in [0.4, 0.5) is 10.1 Å². The lowest BCUT2D eigenvalue weighted by Gasteiger charge is -2.25. The summed E-state index contributed by atoms with van der Waals surface area (Å²) in [4.78, 5) is 27.2. The number of hydrogen-bond donors (Lipinski definition) is 1. The molecule has 1 saturated heterocycles. The second kappa shape index (κ2) is 7.76. The van der Waals surface area contributed by atoms with E-state index in [4.69, 9.17) is 11.6 Å². The molecule has 6 heteroatoms. The Bertz CT molecular complexity index is 1150. The third-order valence-corrected chi connectivity index (χ3v) is 5.31. The van der Waals surface area contributed by atoms with Gasteiger partial charge in [0.05, 0.1) is 11.6 Å². The van der Waals surface area contributed by atoms with Crippen LogP contribution in [-0.2, 0) is 9.59 Å². The van der Waals surface area contributed by atoms with Crippen LogP contribution in [0.25, 0.3) is 5.76 Å². The molecule has 0 bridgehead atoms. The van der Waals surface area contributed by atoms with Crippen molar-refractivity contribution in [1.82, 2.24) is 0 Å². The van der Waals surface area contributed by atoms with Crippen molar-refractivity contribution in [3.63, 3.8) is 0 Å². The summed E-state index contributed by atoms with van der Waals surface area (Å²) in [7, 11) is 0. The average molecular weight is 422 g/mol. The largest absolute Gasteiger partial charge is 0.507 e. The van der Waals surface area contributed by atoms with Gasteiger partial charge in [-0.05, 0) is 48.9 Å². The lowest BCUT2D eigenvalue weighted by atomic mass is 9.95. The van der Waals surface area contributed by atoms with E-state index in [0.29, 0.717) is 21.8 Å². The first-order valence-electron chi connectivity index (χ1n) is 9.26. The molecule has 4 rings (SSSR count). The number of aryl methyl sites for hydroxylation is 1. The lowest BCUT2D eigenvalue weighted by molar-refractivity contribution is -0.132. The fourth-order valence-corrected chi connectivity index (χ4v) is 3.65. The molecule has 3 aromatic rings. The zero-order valence-corrected chi connectivity index (χ0v) is 16.7. The Labute approximate surface area is 177 Å². The summed E-state index contributed by atoms with van der Waals surface area (Å²) >= 11 is 6.01. The predicted molar refractivity (Wildman–Crippen MR) is 114 cm³/mol. The third kappa shape index (κ3) is 3.48. The van der Waals surface area contributed by atoms with Gasteiger partial charge in [0.2, 0.25) is 0 Å². The van der Waals surface area contributed by atoms with Crippen molar-refractivity contribution >= 4 is 34.7 Å². The smallest absolute Gasteiger partial charge is 0.300 e. The third-order valence-electron chi connectivity index (χ3n) is 5.06. The van der Waals surface area contributed by atoms with E-state index in [1.165, 1.54) is 29.2 Å². The molecule has 0 saturated carbocycles. The van der Waals surface area contributed by atoms with E-state index in [-0.39, 0.29) is 11.3 Å². The number of carbonyl (C=O) groups is 2. The molecule has 0 spiro atoms. The highest BCUT2D eigenvalue weighted by Gasteiger charge is 2.46. The summed E-state index contributed by atoms with van der Waals surface area (Å²) in [5, 5.41) is 11.5. The fraction of sp³-hybridized carbons (Fsp3) is 0.0833. The molecule has 0 aliphatic carbocycles. The maximum Gasteiger partial charge on any atom is 0.300 e. The summed E-state index contributed by atoms with van der Waals surface area (Å²) < 4.78 is 13.4. The van der Waals surface area contributed by atoms with Crippen LogP contribution in [0.15, 0.2) is 78.4 Å². The van der Waals surface area contributed by atoms with E-state index < -0.39 is 23.5 Å². The summed E-state index contributed by atoms with van der Waals surface area (Å²) in [6.07, 6.45) is 0. The minimum atomic E-state index is -0.881. The molecule has 1 amide bonds. The Kier molecular flexibility index (Phi) is 5.14. The van der Waals surface area contributed by atoms with Crippen molar-refractivity contribution < 1.29 is 19.1 Å². The number of hydrogen-bond acceptors (Lipinski definition) is 3. The topological polar surface area (TPSA) is 57.6 Å². The molecule has 0 radical (unpaired) electrons. The van der Waals surface area contributed by atoms with Gasteiger partial charge in [0.1, 0.15) is 11.6 Å². The molecule has 1 heterocycles. The molecule has 1 atom stereocenters. The van der Waals surface area contributed by atoms with Gasteiger partial charge < -0.3 is 5.11 Å². The number of amides is 1. The van der Waals surface area contributed by atoms with Crippen LogP contribution < -0.4 is 4.90 Å². The standard InChI is InChI=1S/C24H17ClFNO3/c1-14-2-4-16(5-3-14)22(28)20-21(15-6-8-17(25)9-7-15)27(24(30)23(20)29)19-12-10-18(26)11-13-19/h2-13,21,28H,1H3/t21-/m0/s1. The Hall–Kier alpha value is -3.44. The number of ketones is 1. The zero-order chi connectivity index (χ0) is 21.4. The number of rotatable bonds is 3. The van der Waals surface area contributed by atoms with Crippen LogP contribution >= 0.6 is 11.6 Å². The second-order valence-corrected chi connectivity index (χ2v) is 7.50. The number of aliphatic hydroxyl groups is 1. The van der Waals surface area contributed by atoms with Crippen LogP contribution in [0.3, 0.4) is 0 Å². The number of Topliss-reactive ketones (excluding diaryl/α,β-unsaturated/α-hetero) is 1. The van der Waals surface area contributed by atoms with Gasteiger partial charge >= 0.3 is 0 Å². The predicted octanol–water partition coefficient (Wildman–Crippen LogP) is 5.41. The summed E-state index contributed by atoms with van der Waals surface area (Å²) in [5.74, 6) is -2.33. The molecule has 150 valence electrons. The van der Waals surface area contributed by atoms with Crippen molar-refractivity contribution in [1.29, 1.82) is 0 Å². The molecule has 4 nitrogen and oxygen atoms in total. The van der Waals surface area contributed by atoms with E-state index in [1.54, 1.807) is 36.4 Å². The number of nitrogens with zero attached hydrogens (tertiary/aromatic N) is 1. The van der Waals surface area contributed by atoms with E-state index >= 15 is 0 Å². The quantitative estimate of drug-likeness (QED) is 0.349. The van der Waals surface area contributed by atoms with E-state index in [0.717, 1.165) is 5.56 Å². The lowest BCUT2D eigenvalue weighted by Crippen LogP contribution is -2.29. The number of anilines is 1. The minimum absolute atomic E-state index is 0.0319. The van der Waals surface area contributed by atoms with Gasteiger partial charge in [-0.1, -0.05) is 53.6 Å². The number of carbonyl (C=O) groups excluding carboxylic acids is 2. The summed E-state index contributed by atoms with van der Waals surface area (Å²) in [6.45, 7) is 1.91. The fourth-order valence-electron chi connectivity index (χ4n) is 3.53. The number of halogens is 2. The Morgan fingerprint density at radius 3 is 2.13 bits per heavy atom. The van der Waals surface area contributed by atoms with Crippen molar-refractivity contribution in [2.75, 3.05) is 4.90 Å². The second-order valence-electron chi connectivity index (χ2n) is 7.06. The molecule has 1 aliphatic heterocycles. The van der Waals surface area contributed by atoms with Crippen molar-refractivity contribution in [2.24, 2.45) is 0 Å². The van der Waals surface area contributed by atoms with Crippen molar-refractivity contribution in [3.05, 3.63) is 106 Å². The van der Waals surface area contributed by atoms with Gasteiger partial charge in [-0.3, -0.25) is 14.5 Å². The highest BCUT2D eigenvalue weighted by atomic mass is 35.5. The maximum absolute atomic E-state index is 13.4. The van der Waals surface area contributed by atoms with Crippen molar-refractivity contribution in [2.45, 2.75) is 13.0 Å². The molecule has 0 unspecified atom stereocenters. The molecule has 30 heavy (non-hydrogen) atoms. The van der Waals surface area contributed by atoms with Gasteiger partial charge in [0, 0.05) is 16.3 Å². The van der Waals surface area contributed by atoms with Gasteiger partial charge in [0.15, 0.2) is 0 Å². The Morgan fingerprint density at radius 2 is 1.53 bits per heavy atom. The average Bonchev–Trinajstić information content (AvgIpc) is 3.00. The normalized spacial score (nSPS) is 18.1. The number of benzene rings is 3. The van der Waals surface area contributed by atoms with Crippen LogP contribution in [0.5, 0.6) is 0 Å². The molecule has 3 aromatic carbocycles. The van der Waals surface area contributed by atoms with Crippen LogP contribution in [-0.4, -0.2) is 16.8 Å². The number of aliphatic hydroxyl groups excluding tert-OH is 1. The minimum Gasteiger partial charge on any atom is -0.507 e. The van der Waals surface area contributed by atoms with Crippen LogP contribution in [0, 0.1) is 12.7 Å². The maximum atomic E-state index is 13.4. The zero-order valence-electron chi connectivity index (χ0n) is 16.0. The van der Waals surface area contributed by atoms with E-state index in [1.807, 2.05) is 19.1 Å². The van der Waals surface area contributed by atoms with Gasteiger partial charge in [0.25, 0.3) is 11.7 Å². The van der Waals surface area contributed by atoms with Gasteiger partial charge in [-0.15, -0.1) is 0 Å². The van der Waals surface area contributed by atoms with Crippen molar-refractivity contribution in [3.8, 4) is 0 Å². The first-order valence-corrected chi connectivity index (χ1v) is 9.63. The Morgan fingerprint density at radius 1 is 0.933 bits per heavy atom. The SMILES string of the molecule is Cc1ccc(C(O)=C2C(=O)C(=O)N(c3ccc(F)cc3)[C@H]2c2ccc(Cl)cc2)cc1.